The predicted octanol–water partition coefficient (Wildman–Crippen LogP) is 3.26. The number of pyridine rings is 1. The highest BCUT2D eigenvalue weighted by Crippen LogP contribution is 2.23. The van der Waals surface area contributed by atoms with E-state index in [1.54, 1.807) is 30.5 Å². The molecule has 5 heteroatoms. The molecule has 0 radical (unpaired) electrons. The maximum atomic E-state index is 4.17. The first kappa shape index (κ1) is 12.9. The SMILES string of the molecule is Cc1ccc(CSc2nncn2-c2cccnc2)cc1. The van der Waals surface area contributed by atoms with Crippen molar-refractivity contribution in [3.05, 3.63) is 66.2 Å². The third kappa shape index (κ3) is 2.88. The fourth-order valence-corrected chi connectivity index (χ4v) is 2.71. The van der Waals surface area contributed by atoms with E-state index in [1.165, 1.54) is 11.1 Å². The van der Waals surface area contributed by atoms with Crippen LogP contribution in [0, 0.1) is 6.92 Å². The highest BCUT2D eigenvalue weighted by atomic mass is 32.2. The Balaban J connectivity index is 1.76. The summed E-state index contributed by atoms with van der Waals surface area (Å²) in [5, 5.41) is 9.04. The highest BCUT2D eigenvalue weighted by Gasteiger charge is 2.07. The van der Waals surface area contributed by atoms with E-state index in [9.17, 15) is 0 Å². The third-order valence-electron chi connectivity index (χ3n) is 2.93. The molecule has 0 bridgehead atoms. The van der Waals surface area contributed by atoms with Gasteiger partial charge < -0.3 is 0 Å². The van der Waals surface area contributed by atoms with E-state index in [-0.39, 0.29) is 0 Å². The minimum Gasteiger partial charge on any atom is -0.275 e. The maximum absolute atomic E-state index is 4.17. The Labute approximate surface area is 121 Å². The van der Waals surface area contributed by atoms with Gasteiger partial charge in [-0.2, -0.15) is 0 Å². The molecule has 2 aromatic heterocycles. The van der Waals surface area contributed by atoms with Crippen molar-refractivity contribution in [2.45, 2.75) is 17.8 Å². The summed E-state index contributed by atoms with van der Waals surface area (Å²) in [5.41, 5.74) is 3.53. The van der Waals surface area contributed by atoms with E-state index in [1.807, 2.05) is 16.7 Å². The molecule has 0 spiro atoms. The predicted molar refractivity (Wildman–Crippen MR) is 79.9 cm³/mol. The van der Waals surface area contributed by atoms with E-state index in [0.29, 0.717) is 0 Å². The van der Waals surface area contributed by atoms with Gasteiger partial charge in [-0.3, -0.25) is 9.55 Å². The van der Waals surface area contributed by atoms with Crippen molar-refractivity contribution in [3.63, 3.8) is 0 Å². The molecular formula is C15H14N4S. The second-order valence-corrected chi connectivity index (χ2v) is 5.41. The highest BCUT2D eigenvalue weighted by molar-refractivity contribution is 7.98. The molecule has 3 aromatic rings. The molecule has 1 aromatic carbocycles. The summed E-state index contributed by atoms with van der Waals surface area (Å²) >= 11 is 1.67. The van der Waals surface area contributed by atoms with Crippen molar-refractivity contribution in [3.8, 4) is 5.69 Å². The quantitative estimate of drug-likeness (QED) is 0.689. The second kappa shape index (κ2) is 5.88. The van der Waals surface area contributed by atoms with Gasteiger partial charge in [0.05, 0.1) is 11.9 Å². The molecule has 0 N–H and O–H groups in total. The molecule has 2 heterocycles. The average Bonchev–Trinajstić information content (AvgIpc) is 2.96. The van der Waals surface area contributed by atoms with Crippen LogP contribution in [-0.4, -0.2) is 19.7 Å². The van der Waals surface area contributed by atoms with Crippen molar-refractivity contribution in [1.29, 1.82) is 0 Å². The molecule has 3 rings (SSSR count). The third-order valence-corrected chi connectivity index (χ3v) is 3.94. The minimum atomic E-state index is 0.874. The van der Waals surface area contributed by atoms with E-state index < -0.39 is 0 Å². The van der Waals surface area contributed by atoms with E-state index in [2.05, 4.69) is 46.4 Å². The Morgan fingerprint density at radius 1 is 1.15 bits per heavy atom. The molecule has 0 amide bonds. The normalized spacial score (nSPS) is 10.7. The van der Waals surface area contributed by atoms with Crippen LogP contribution in [0.2, 0.25) is 0 Å². The molecule has 0 saturated carbocycles. The average molecular weight is 282 g/mol. The fraction of sp³-hybridized carbons (Fsp3) is 0.133. The number of hydrogen-bond donors (Lipinski definition) is 0. The first-order valence-electron chi connectivity index (χ1n) is 6.32. The monoisotopic (exact) mass is 282 g/mol. The zero-order valence-electron chi connectivity index (χ0n) is 11.1. The van der Waals surface area contributed by atoms with Crippen LogP contribution < -0.4 is 0 Å². The van der Waals surface area contributed by atoms with Crippen LogP contribution in [0.4, 0.5) is 0 Å². The smallest absolute Gasteiger partial charge is 0.195 e. The van der Waals surface area contributed by atoms with Gasteiger partial charge in [-0.25, -0.2) is 0 Å². The van der Waals surface area contributed by atoms with E-state index in [0.717, 1.165) is 16.6 Å². The summed E-state index contributed by atoms with van der Waals surface area (Å²) in [6, 6.07) is 12.4. The zero-order valence-corrected chi connectivity index (χ0v) is 11.9. The molecule has 20 heavy (non-hydrogen) atoms. The topological polar surface area (TPSA) is 43.6 Å². The standard InChI is InChI=1S/C15H14N4S/c1-12-4-6-13(7-5-12)10-20-15-18-17-11-19(15)14-3-2-8-16-9-14/h2-9,11H,10H2,1H3. The molecule has 0 fully saturated rings. The van der Waals surface area contributed by atoms with Gasteiger partial charge in [0.1, 0.15) is 6.33 Å². The van der Waals surface area contributed by atoms with Crippen molar-refractivity contribution in [1.82, 2.24) is 19.7 Å². The van der Waals surface area contributed by atoms with E-state index >= 15 is 0 Å². The number of thioether (sulfide) groups is 1. The van der Waals surface area contributed by atoms with Crippen molar-refractivity contribution >= 4 is 11.8 Å². The van der Waals surface area contributed by atoms with Gasteiger partial charge in [0.2, 0.25) is 0 Å². The number of nitrogens with zero attached hydrogens (tertiary/aromatic N) is 4. The second-order valence-electron chi connectivity index (χ2n) is 4.47. The number of rotatable bonds is 4. The largest absolute Gasteiger partial charge is 0.275 e. The summed E-state index contributed by atoms with van der Waals surface area (Å²) in [4.78, 5) is 4.12. The first-order chi connectivity index (χ1) is 9.83. The molecule has 0 aliphatic heterocycles. The molecule has 0 aliphatic rings. The molecular weight excluding hydrogens is 268 g/mol. The number of hydrogen-bond acceptors (Lipinski definition) is 4. The molecule has 0 unspecified atom stereocenters. The fourth-order valence-electron chi connectivity index (χ4n) is 1.83. The van der Waals surface area contributed by atoms with Gasteiger partial charge in [-0.05, 0) is 24.6 Å². The Bertz CT molecular complexity index is 677. The van der Waals surface area contributed by atoms with Crippen LogP contribution in [0.3, 0.4) is 0 Å². The van der Waals surface area contributed by atoms with Crippen LogP contribution in [0.1, 0.15) is 11.1 Å². The van der Waals surface area contributed by atoms with Gasteiger partial charge in [0, 0.05) is 11.9 Å². The van der Waals surface area contributed by atoms with Crippen LogP contribution in [0.25, 0.3) is 5.69 Å². The Morgan fingerprint density at radius 3 is 2.75 bits per heavy atom. The lowest BCUT2D eigenvalue weighted by atomic mass is 10.2. The van der Waals surface area contributed by atoms with Gasteiger partial charge in [0.15, 0.2) is 5.16 Å². The number of benzene rings is 1. The van der Waals surface area contributed by atoms with Crippen LogP contribution in [0.15, 0.2) is 60.3 Å². The van der Waals surface area contributed by atoms with Gasteiger partial charge in [-0.15, -0.1) is 10.2 Å². The maximum Gasteiger partial charge on any atom is 0.195 e. The first-order valence-corrected chi connectivity index (χ1v) is 7.30. The van der Waals surface area contributed by atoms with Gasteiger partial charge in [0.25, 0.3) is 0 Å². The van der Waals surface area contributed by atoms with Crippen LogP contribution in [0.5, 0.6) is 0 Å². The van der Waals surface area contributed by atoms with Gasteiger partial charge >= 0.3 is 0 Å². The Hall–Kier alpha value is -2.14. The summed E-state index contributed by atoms with van der Waals surface area (Å²) in [5.74, 6) is 0.874. The Kier molecular flexibility index (Phi) is 3.78. The molecule has 100 valence electrons. The lowest BCUT2D eigenvalue weighted by molar-refractivity contribution is 0.879. The summed E-state index contributed by atoms with van der Waals surface area (Å²) in [6.45, 7) is 2.09. The lowest BCUT2D eigenvalue weighted by Crippen LogP contribution is -1.95. The van der Waals surface area contributed by atoms with Crippen molar-refractivity contribution < 1.29 is 0 Å². The lowest BCUT2D eigenvalue weighted by Gasteiger charge is -2.05. The zero-order chi connectivity index (χ0) is 13.8. The molecule has 0 saturated heterocycles. The summed E-state index contributed by atoms with van der Waals surface area (Å²) in [6.07, 6.45) is 5.28. The van der Waals surface area contributed by atoms with Gasteiger partial charge in [-0.1, -0.05) is 41.6 Å². The van der Waals surface area contributed by atoms with Crippen LogP contribution in [-0.2, 0) is 5.75 Å². The molecule has 0 aliphatic carbocycles. The van der Waals surface area contributed by atoms with E-state index in [4.69, 9.17) is 0 Å². The van der Waals surface area contributed by atoms with Crippen molar-refractivity contribution in [2.75, 3.05) is 0 Å². The number of aryl methyl sites for hydroxylation is 1. The molecule has 4 nitrogen and oxygen atoms in total. The van der Waals surface area contributed by atoms with Crippen molar-refractivity contribution in [2.24, 2.45) is 0 Å². The summed E-state index contributed by atoms with van der Waals surface area (Å²) in [7, 11) is 0. The number of aromatic nitrogens is 4. The summed E-state index contributed by atoms with van der Waals surface area (Å²) < 4.78 is 1.95. The molecule has 0 atom stereocenters. The minimum absolute atomic E-state index is 0.874. The van der Waals surface area contributed by atoms with Crippen LogP contribution >= 0.6 is 11.8 Å². The Morgan fingerprint density at radius 2 is 2.00 bits per heavy atom.